The monoisotopic (exact) mass is 236 g/mol. The van der Waals surface area contributed by atoms with E-state index in [1.54, 1.807) is 7.05 Å². The minimum Gasteiger partial charge on any atom is -0.398 e. The van der Waals surface area contributed by atoms with Gasteiger partial charge < -0.3 is 5.73 Å². The van der Waals surface area contributed by atoms with Crippen LogP contribution in [-0.4, -0.2) is 14.8 Å². The topological polar surface area (TPSA) is 76.7 Å². The molecule has 3 N–H and O–H groups in total. The molecule has 0 saturated carbocycles. The number of nitrogens with zero attached hydrogens (tertiary/aromatic N) is 2. The molecule has 0 radical (unpaired) electrons. The highest BCUT2D eigenvalue weighted by Gasteiger charge is 2.09. The van der Waals surface area contributed by atoms with E-state index < -0.39 is 0 Å². The fourth-order valence-electron chi connectivity index (χ4n) is 1.26. The van der Waals surface area contributed by atoms with Crippen molar-refractivity contribution in [3.63, 3.8) is 0 Å². The quantitative estimate of drug-likeness (QED) is 0.767. The smallest absolute Gasteiger partial charge is 0.343 e. The van der Waals surface area contributed by atoms with E-state index in [0.29, 0.717) is 5.16 Å². The van der Waals surface area contributed by atoms with E-state index in [2.05, 4.69) is 10.2 Å². The van der Waals surface area contributed by atoms with Crippen molar-refractivity contribution in [1.82, 2.24) is 14.8 Å². The van der Waals surface area contributed by atoms with Crippen LogP contribution >= 0.6 is 11.8 Å². The van der Waals surface area contributed by atoms with E-state index >= 15 is 0 Å². The summed E-state index contributed by atoms with van der Waals surface area (Å²) in [4.78, 5) is 12.1. The first-order valence-electron chi connectivity index (χ1n) is 4.74. The van der Waals surface area contributed by atoms with Crippen LogP contribution in [0.5, 0.6) is 0 Å². The Morgan fingerprint density at radius 1 is 1.50 bits per heavy atom. The number of nitrogens with one attached hydrogen (secondary N) is 1. The number of rotatable bonds is 2. The number of aromatic nitrogens is 3. The van der Waals surface area contributed by atoms with Crippen LogP contribution in [0.4, 0.5) is 5.69 Å². The van der Waals surface area contributed by atoms with Crippen molar-refractivity contribution in [2.45, 2.75) is 17.0 Å². The predicted octanol–water partition coefficient (Wildman–Crippen LogP) is 1.15. The van der Waals surface area contributed by atoms with Crippen LogP contribution in [0.1, 0.15) is 5.56 Å². The van der Waals surface area contributed by atoms with E-state index in [1.165, 1.54) is 16.3 Å². The molecule has 1 aromatic carbocycles. The zero-order valence-corrected chi connectivity index (χ0v) is 9.84. The summed E-state index contributed by atoms with van der Waals surface area (Å²) in [6, 6.07) is 5.79. The molecule has 5 nitrogen and oxygen atoms in total. The highest BCUT2D eigenvalue weighted by atomic mass is 32.2. The first kappa shape index (κ1) is 10.8. The molecular weight excluding hydrogens is 224 g/mol. The molecule has 16 heavy (non-hydrogen) atoms. The fourth-order valence-corrected chi connectivity index (χ4v) is 2.19. The van der Waals surface area contributed by atoms with Gasteiger partial charge >= 0.3 is 5.69 Å². The Bertz CT molecular complexity index is 572. The number of hydrogen-bond donors (Lipinski definition) is 2. The molecular formula is C10H12N4OS. The zero-order valence-electron chi connectivity index (χ0n) is 9.02. The molecule has 1 heterocycles. The Kier molecular flexibility index (Phi) is 2.74. The second-order valence-corrected chi connectivity index (χ2v) is 4.47. The molecule has 1 aromatic heterocycles. The third kappa shape index (κ3) is 1.83. The Morgan fingerprint density at radius 3 is 2.88 bits per heavy atom. The molecule has 6 heteroatoms. The second kappa shape index (κ2) is 4.05. The van der Waals surface area contributed by atoms with Crippen molar-refractivity contribution >= 4 is 17.4 Å². The predicted molar refractivity (Wildman–Crippen MR) is 63.5 cm³/mol. The van der Waals surface area contributed by atoms with Crippen LogP contribution in [-0.2, 0) is 7.05 Å². The number of H-pyrrole nitrogens is 1. The number of nitrogen functional groups attached to an aromatic ring is 1. The van der Waals surface area contributed by atoms with Gasteiger partial charge in [0.15, 0.2) is 5.16 Å². The van der Waals surface area contributed by atoms with Crippen molar-refractivity contribution in [2.24, 2.45) is 7.05 Å². The number of aryl methyl sites for hydroxylation is 1. The molecule has 0 atom stereocenters. The van der Waals surface area contributed by atoms with Crippen molar-refractivity contribution in [1.29, 1.82) is 0 Å². The molecule has 0 spiro atoms. The first-order chi connectivity index (χ1) is 7.59. The molecule has 84 valence electrons. The van der Waals surface area contributed by atoms with Crippen LogP contribution in [0, 0.1) is 6.92 Å². The maximum absolute atomic E-state index is 11.2. The molecule has 0 amide bonds. The number of anilines is 1. The number of aromatic amines is 1. The molecule has 0 fully saturated rings. The van der Waals surface area contributed by atoms with E-state index in [1.807, 2.05) is 25.1 Å². The molecule has 2 rings (SSSR count). The molecule has 0 aliphatic rings. The van der Waals surface area contributed by atoms with Crippen LogP contribution in [0.25, 0.3) is 0 Å². The summed E-state index contributed by atoms with van der Waals surface area (Å²) in [5.41, 5.74) is 7.46. The average Bonchev–Trinajstić information content (AvgIpc) is 2.57. The SMILES string of the molecule is Cc1cccc(Sc2n[nH]c(=O)n2C)c1N. The van der Waals surface area contributed by atoms with Gasteiger partial charge in [-0.05, 0) is 30.3 Å². The molecule has 0 bridgehead atoms. The zero-order chi connectivity index (χ0) is 11.7. The lowest BCUT2D eigenvalue weighted by molar-refractivity contribution is 0.766. The van der Waals surface area contributed by atoms with Crippen molar-refractivity contribution in [3.8, 4) is 0 Å². The van der Waals surface area contributed by atoms with Crippen LogP contribution in [0.2, 0.25) is 0 Å². The molecule has 0 unspecified atom stereocenters. The Labute approximate surface area is 96.7 Å². The third-order valence-corrected chi connectivity index (χ3v) is 3.45. The largest absolute Gasteiger partial charge is 0.398 e. The number of para-hydroxylation sites is 1. The molecule has 2 aromatic rings. The molecule has 0 aliphatic heterocycles. The van der Waals surface area contributed by atoms with Gasteiger partial charge in [0.05, 0.1) is 0 Å². The van der Waals surface area contributed by atoms with Gasteiger partial charge in [0.1, 0.15) is 0 Å². The normalized spacial score (nSPS) is 10.6. The van der Waals surface area contributed by atoms with E-state index in [-0.39, 0.29) is 5.69 Å². The van der Waals surface area contributed by atoms with Crippen molar-refractivity contribution < 1.29 is 0 Å². The lowest BCUT2D eigenvalue weighted by atomic mass is 10.2. The lowest BCUT2D eigenvalue weighted by Crippen LogP contribution is -2.12. The average molecular weight is 236 g/mol. The van der Waals surface area contributed by atoms with E-state index in [0.717, 1.165) is 16.1 Å². The standard InChI is InChI=1S/C10H12N4OS/c1-6-4-3-5-7(8(6)11)16-10-13-12-9(15)14(10)2/h3-5H,11H2,1-2H3,(H,12,15). The van der Waals surface area contributed by atoms with Gasteiger partial charge in [-0.2, -0.15) is 0 Å². The van der Waals surface area contributed by atoms with Crippen LogP contribution < -0.4 is 11.4 Å². The van der Waals surface area contributed by atoms with E-state index in [9.17, 15) is 4.79 Å². The summed E-state index contributed by atoms with van der Waals surface area (Å²) in [6.45, 7) is 1.95. The summed E-state index contributed by atoms with van der Waals surface area (Å²) < 4.78 is 1.45. The maximum atomic E-state index is 11.2. The Balaban J connectivity index is 2.38. The Hall–Kier alpha value is -1.69. The van der Waals surface area contributed by atoms with Crippen molar-refractivity contribution in [3.05, 3.63) is 34.2 Å². The lowest BCUT2D eigenvalue weighted by Gasteiger charge is -2.06. The highest BCUT2D eigenvalue weighted by Crippen LogP contribution is 2.31. The summed E-state index contributed by atoms with van der Waals surface area (Å²) >= 11 is 1.37. The highest BCUT2D eigenvalue weighted by molar-refractivity contribution is 7.99. The van der Waals surface area contributed by atoms with Gasteiger partial charge in [0.25, 0.3) is 0 Å². The van der Waals surface area contributed by atoms with Gasteiger partial charge in [-0.3, -0.25) is 4.57 Å². The summed E-state index contributed by atoms with van der Waals surface area (Å²) in [5.74, 6) is 0. The summed E-state index contributed by atoms with van der Waals surface area (Å²) in [6.07, 6.45) is 0. The first-order valence-corrected chi connectivity index (χ1v) is 5.55. The maximum Gasteiger partial charge on any atom is 0.343 e. The number of nitrogens with two attached hydrogens (primary N) is 1. The minimum absolute atomic E-state index is 0.228. The van der Waals surface area contributed by atoms with Gasteiger partial charge in [0.2, 0.25) is 0 Å². The van der Waals surface area contributed by atoms with Crippen LogP contribution in [0.15, 0.2) is 33.0 Å². The summed E-state index contributed by atoms with van der Waals surface area (Å²) in [7, 11) is 1.67. The van der Waals surface area contributed by atoms with Crippen molar-refractivity contribution in [2.75, 3.05) is 5.73 Å². The third-order valence-electron chi connectivity index (χ3n) is 2.32. The summed E-state index contributed by atoms with van der Waals surface area (Å²) in [5, 5.41) is 6.90. The number of hydrogen-bond acceptors (Lipinski definition) is 4. The van der Waals surface area contributed by atoms with Gasteiger partial charge in [-0.1, -0.05) is 12.1 Å². The number of benzene rings is 1. The second-order valence-electron chi connectivity index (χ2n) is 3.46. The van der Waals surface area contributed by atoms with E-state index in [4.69, 9.17) is 5.73 Å². The van der Waals surface area contributed by atoms with Gasteiger partial charge in [0, 0.05) is 17.6 Å². The fraction of sp³-hybridized carbons (Fsp3) is 0.200. The molecule has 0 aliphatic carbocycles. The van der Waals surface area contributed by atoms with Gasteiger partial charge in [-0.25, -0.2) is 9.89 Å². The van der Waals surface area contributed by atoms with Crippen LogP contribution in [0.3, 0.4) is 0 Å². The Morgan fingerprint density at radius 2 is 2.25 bits per heavy atom. The molecule has 0 saturated heterocycles. The minimum atomic E-state index is -0.228. The van der Waals surface area contributed by atoms with Gasteiger partial charge in [-0.15, -0.1) is 5.10 Å².